The van der Waals surface area contributed by atoms with E-state index in [4.69, 9.17) is 11.6 Å². The van der Waals surface area contributed by atoms with Gasteiger partial charge in [-0.2, -0.15) is 0 Å². The van der Waals surface area contributed by atoms with Gasteiger partial charge in [-0.25, -0.2) is 4.98 Å². The zero-order chi connectivity index (χ0) is 11.4. The van der Waals surface area contributed by atoms with Gasteiger partial charge in [-0.1, -0.05) is 29.7 Å². The molecule has 1 nitrogen and oxygen atoms in total. The van der Waals surface area contributed by atoms with Crippen LogP contribution in [-0.2, 0) is 0 Å². The fourth-order valence-corrected chi connectivity index (χ4v) is 1.51. The lowest BCUT2D eigenvalue weighted by molar-refractivity contribution is 1.18. The number of benzene rings is 1. The molecule has 0 N–H and O–H groups in total. The molecule has 0 aliphatic heterocycles. The normalized spacial score (nSPS) is 9.38. The summed E-state index contributed by atoms with van der Waals surface area (Å²) in [6, 6.07) is 13.3. The van der Waals surface area contributed by atoms with Crippen LogP contribution in [0.4, 0.5) is 0 Å². The van der Waals surface area contributed by atoms with E-state index < -0.39 is 0 Å². The van der Waals surface area contributed by atoms with Gasteiger partial charge in [0.05, 0.1) is 0 Å². The number of hydrogen-bond acceptors (Lipinski definition) is 1. The molecule has 0 unspecified atom stereocenters. The van der Waals surface area contributed by atoms with E-state index in [0.717, 1.165) is 17.0 Å². The zero-order valence-electron chi connectivity index (χ0n) is 8.87. The van der Waals surface area contributed by atoms with E-state index in [2.05, 4.69) is 16.8 Å². The molecule has 0 atom stereocenters. The van der Waals surface area contributed by atoms with Crippen LogP contribution in [0.1, 0.15) is 17.0 Å². The first-order valence-corrected chi connectivity index (χ1v) is 5.33. The molecule has 0 saturated carbocycles. The van der Waals surface area contributed by atoms with Crippen molar-refractivity contribution in [3.8, 4) is 11.8 Å². The molecule has 0 radical (unpaired) electrons. The van der Waals surface area contributed by atoms with Crippen LogP contribution >= 0.6 is 11.6 Å². The first kappa shape index (κ1) is 10.7. The van der Waals surface area contributed by atoms with E-state index in [9.17, 15) is 0 Å². The fourth-order valence-electron chi connectivity index (χ4n) is 1.32. The number of rotatable bonds is 0. The Labute approximate surface area is 100 Å². The van der Waals surface area contributed by atoms with Crippen LogP contribution in [0.25, 0.3) is 0 Å². The van der Waals surface area contributed by atoms with Crippen LogP contribution in [0, 0.1) is 18.8 Å². The molecule has 0 bridgehead atoms. The van der Waals surface area contributed by atoms with Gasteiger partial charge in [-0.3, -0.25) is 0 Å². The quantitative estimate of drug-likeness (QED) is 0.629. The van der Waals surface area contributed by atoms with Gasteiger partial charge in [-0.05, 0) is 43.2 Å². The summed E-state index contributed by atoms with van der Waals surface area (Å²) in [5.74, 6) is 6.04. The summed E-state index contributed by atoms with van der Waals surface area (Å²) in [6.45, 7) is 1.95. The maximum atomic E-state index is 5.87. The number of pyridine rings is 1. The minimum atomic E-state index is 0.698. The largest absolute Gasteiger partial charge is 0.245 e. The van der Waals surface area contributed by atoms with Crippen molar-refractivity contribution in [3.63, 3.8) is 0 Å². The van der Waals surface area contributed by atoms with Crippen molar-refractivity contribution >= 4 is 11.6 Å². The Balaban J connectivity index is 2.28. The van der Waals surface area contributed by atoms with Crippen molar-refractivity contribution in [2.24, 2.45) is 0 Å². The highest BCUT2D eigenvalue weighted by Gasteiger charge is 1.90. The maximum absolute atomic E-state index is 5.87. The Kier molecular flexibility index (Phi) is 3.24. The van der Waals surface area contributed by atoms with Crippen molar-refractivity contribution in [1.29, 1.82) is 0 Å². The third-order valence-electron chi connectivity index (χ3n) is 2.05. The highest BCUT2D eigenvalue weighted by molar-refractivity contribution is 6.30. The van der Waals surface area contributed by atoms with E-state index in [1.54, 1.807) is 0 Å². The number of aryl methyl sites for hydroxylation is 1. The van der Waals surface area contributed by atoms with Crippen LogP contribution in [0.2, 0.25) is 5.02 Å². The zero-order valence-corrected chi connectivity index (χ0v) is 9.62. The lowest BCUT2D eigenvalue weighted by Gasteiger charge is -1.92. The molecule has 16 heavy (non-hydrogen) atoms. The summed E-state index contributed by atoms with van der Waals surface area (Å²) >= 11 is 5.87. The molecule has 2 rings (SSSR count). The van der Waals surface area contributed by atoms with Crippen molar-refractivity contribution in [2.75, 3.05) is 0 Å². The standard InChI is InChI=1S/C14H10ClN/c1-11-4-2-7-14(16-11)9-8-12-5-3-6-13(15)10-12/h2-7,10H,1H3. The second-order valence-electron chi connectivity index (χ2n) is 3.42. The van der Waals surface area contributed by atoms with Crippen molar-refractivity contribution in [2.45, 2.75) is 6.92 Å². The average Bonchev–Trinajstić information content (AvgIpc) is 2.27. The number of hydrogen-bond donors (Lipinski definition) is 0. The van der Waals surface area contributed by atoms with E-state index in [1.807, 2.05) is 49.4 Å². The molecular formula is C14H10ClN. The van der Waals surface area contributed by atoms with Crippen LogP contribution in [0.5, 0.6) is 0 Å². The van der Waals surface area contributed by atoms with Gasteiger partial charge in [0, 0.05) is 16.3 Å². The van der Waals surface area contributed by atoms with Crippen molar-refractivity contribution in [3.05, 3.63) is 64.4 Å². The lowest BCUT2D eigenvalue weighted by Crippen LogP contribution is -1.84. The van der Waals surface area contributed by atoms with E-state index in [0.29, 0.717) is 5.02 Å². The SMILES string of the molecule is Cc1cccc(C#Cc2cccc(Cl)c2)n1. The molecule has 1 aromatic heterocycles. The van der Waals surface area contributed by atoms with E-state index >= 15 is 0 Å². The Morgan fingerprint density at radius 3 is 2.62 bits per heavy atom. The highest BCUT2D eigenvalue weighted by atomic mass is 35.5. The minimum Gasteiger partial charge on any atom is -0.245 e. The molecule has 0 aliphatic rings. The predicted molar refractivity (Wildman–Crippen MR) is 66.4 cm³/mol. The summed E-state index contributed by atoms with van der Waals surface area (Å²) in [4.78, 5) is 4.30. The van der Waals surface area contributed by atoms with Gasteiger partial charge in [0.25, 0.3) is 0 Å². The summed E-state index contributed by atoms with van der Waals surface area (Å²) < 4.78 is 0. The van der Waals surface area contributed by atoms with Gasteiger partial charge in [-0.15, -0.1) is 0 Å². The third kappa shape index (κ3) is 2.85. The van der Waals surface area contributed by atoms with E-state index in [-0.39, 0.29) is 0 Å². The molecule has 0 saturated heterocycles. The lowest BCUT2D eigenvalue weighted by atomic mass is 10.2. The number of nitrogens with zero attached hydrogens (tertiary/aromatic N) is 1. The molecule has 0 fully saturated rings. The molecule has 2 heteroatoms. The molecule has 78 valence electrons. The van der Waals surface area contributed by atoms with Crippen LogP contribution in [0.3, 0.4) is 0 Å². The number of halogens is 1. The number of aromatic nitrogens is 1. The Morgan fingerprint density at radius 2 is 1.88 bits per heavy atom. The smallest absolute Gasteiger partial charge is 0.113 e. The molecule has 1 aromatic carbocycles. The first-order chi connectivity index (χ1) is 7.74. The highest BCUT2D eigenvalue weighted by Crippen LogP contribution is 2.09. The summed E-state index contributed by atoms with van der Waals surface area (Å²) in [7, 11) is 0. The molecule has 1 heterocycles. The van der Waals surface area contributed by atoms with Gasteiger partial charge in [0.2, 0.25) is 0 Å². The second-order valence-corrected chi connectivity index (χ2v) is 3.86. The second kappa shape index (κ2) is 4.83. The van der Waals surface area contributed by atoms with Crippen molar-refractivity contribution < 1.29 is 0 Å². The Bertz CT molecular complexity index is 515. The molecule has 0 aliphatic carbocycles. The van der Waals surface area contributed by atoms with Gasteiger partial charge in [0.15, 0.2) is 0 Å². The van der Waals surface area contributed by atoms with Crippen LogP contribution < -0.4 is 0 Å². The molecule has 0 amide bonds. The third-order valence-corrected chi connectivity index (χ3v) is 2.28. The predicted octanol–water partition coefficient (Wildman–Crippen LogP) is 3.44. The summed E-state index contributed by atoms with van der Waals surface area (Å²) in [5.41, 5.74) is 2.65. The topological polar surface area (TPSA) is 12.9 Å². The Hall–Kier alpha value is -1.78. The molecule has 2 aromatic rings. The first-order valence-electron chi connectivity index (χ1n) is 4.95. The summed E-state index contributed by atoms with van der Waals surface area (Å²) in [6.07, 6.45) is 0. The molecule has 0 spiro atoms. The van der Waals surface area contributed by atoms with Crippen LogP contribution in [-0.4, -0.2) is 4.98 Å². The maximum Gasteiger partial charge on any atom is 0.113 e. The fraction of sp³-hybridized carbons (Fsp3) is 0.0714. The van der Waals surface area contributed by atoms with Gasteiger partial charge < -0.3 is 0 Å². The van der Waals surface area contributed by atoms with Gasteiger partial charge in [0.1, 0.15) is 5.69 Å². The Morgan fingerprint density at radius 1 is 1.06 bits per heavy atom. The van der Waals surface area contributed by atoms with Crippen molar-refractivity contribution in [1.82, 2.24) is 4.98 Å². The van der Waals surface area contributed by atoms with Crippen LogP contribution in [0.15, 0.2) is 42.5 Å². The summed E-state index contributed by atoms with van der Waals surface area (Å²) in [5, 5.41) is 0.698. The minimum absolute atomic E-state index is 0.698. The monoisotopic (exact) mass is 227 g/mol. The van der Waals surface area contributed by atoms with Gasteiger partial charge >= 0.3 is 0 Å². The average molecular weight is 228 g/mol. The molecular weight excluding hydrogens is 218 g/mol. The van der Waals surface area contributed by atoms with E-state index in [1.165, 1.54) is 0 Å².